The molecule has 0 saturated heterocycles. The quantitative estimate of drug-likeness (QED) is 0.529. The maximum absolute atomic E-state index is 13.3. The zero-order valence-corrected chi connectivity index (χ0v) is 16.8. The number of hydrogen-bond acceptors (Lipinski definition) is 6. The van der Waals surface area contributed by atoms with Gasteiger partial charge < -0.3 is 11.1 Å². The van der Waals surface area contributed by atoms with E-state index < -0.39 is 0 Å². The Kier molecular flexibility index (Phi) is 5.34. The molecule has 4 rings (SSSR count). The van der Waals surface area contributed by atoms with Gasteiger partial charge in [-0.2, -0.15) is 0 Å². The Balaban J connectivity index is 1.79. The molecule has 4 aromatic rings. The molecule has 150 valence electrons. The second-order valence-corrected chi connectivity index (χ2v) is 7.07. The highest BCUT2D eigenvalue weighted by Crippen LogP contribution is 2.27. The van der Waals surface area contributed by atoms with Crippen molar-refractivity contribution in [3.63, 3.8) is 0 Å². The van der Waals surface area contributed by atoms with Gasteiger partial charge in [0, 0.05) is 35.7 Å². The van der Waals surface area contributed by atoms with Crippen molar-refractivity contribution < 1.29 is 4.79 Å². The van der Waals surface area contributed by atoms with Gasteiger partial charge in [-0.15, -0.1) is 0 Å². The third-order valence-electron chi connectivity index (χ3n) is 5.08. The monoisotopic (exact) mass is 398 g/mol. The normalized spacial score (nSPS) is 11.9. The van der Waals surface area contributed by atoms with Gasteiger partial charge in [0.15, 0.2) is 0 Å². The number of fused-ring (bicyclic) bond motifs is 1. The first-order valence-electron chi connectivity index (χ1n) is 9.76. The number of rotatable bonds is 5. The van der Waals surface area contributed by atoms with Crippen LogP contribution in [-0.4, -0.2) is 25.8 Å². The fourth-order valence-electron chi connectivity index (χ4n) is 3.45. The SMILES string of the molecule is CCC(NC(=O)c1cc(-c2cnc(N)nc2)nc2c(C)cccc12)c1ccncc1. The Morgan fingerprint density at radius 2 is 1.87 bits per heavy atom. The molecule has 7 nitrogen and oxygen atoms in total. The van der Waals surface area contributed by atoms with E-state index in [1.807, 2.05) is 44.2 Å². The molecule has 0 bridgehead atoms. The van der Waals surface area contributed by atoms with Crippen LogP contribution in [0.5, 0.6) is 0 Å². The maximum Gasteiger partial charge on any atom is 0.252 e. The summed E-state index contributed by atoms with van der Waals surface area (Å²) in [7, 11) is 0. The van der Waals surface area contributed by atoms with E-state index in [4.69, 9.17) is 10.7 Å². The Bertz CT molecular complexity index is 1190. The fraction of sp³-hybridized carbons (Fsp3) is 0.174. The number of para-hydroxylation sites is 1. The van der Waals surface area contributed by atoms with Crippen LogP contribution in [0.4, 0.5) is 5.95 Å². The summed E-state index contributed by atoms with van der Waals surface area (Å²) >= 11 is 0. The molecule has 0 aliphatic rings. The Morgan fingerprint density at radius 3 is 2.57 bits per heavy atom. The molecule has 7 heteroatoms. The van der Waals surface area contributed by atoms with E-state index >= 15 is 0 Å². The first-order valence-corrected chi connectivity index (χ1v) is 9.76. The molecule has 1 amide bonds. The van der Waals surface area contributed by atoms with Gasteiger partial charge in [0.25, 0.3) is 5.91 Å². The van der Waals surface area contributed by atoms with Gasteiger partial charge in [-0.05, 0) is 42.7 Å². The molecule has 1 atom stereocenters. The molecule has 0 fully saturated rings. The summed E-state index contributed by atoms with van der Waals surface area (Å²) in [5.74, 6) is 0.0334. The highest BCUT2D eigenvalue weighted by molar-refractivity contribution is 6.07. The van der Waals surface area contributed by atoms with Crippen molar-refractivity contribution in [1.82, 2.24) is 25.3 Å². The first kappa shape index (κ1) is 19.4. The molecular weight excluding hydrogens is 376 g/mol. The molecule has 30 heavy (non-hydrogen) atoms. The van der Waals surface area contributed by atoms with E-state index in [1.54, 1.807) is 30.9 Å². The lowest BCUT2D eigenvalue weighted by Gasteiger charge is -2.18. The molecule has 0 aliphatic heterocycles. The number of anilines is 1. The lowest BCUT2D eigenvalue weighted by molar-refractivity contribution is 0.0937. The van der Waals surface area contributed by atoms with Crippen molar-refractivity contribution in [2.24, 2.45) is 0 Å². The van der Waals surface area contributed by atoms with Crippen LogP contribution < -0.4 is 11.1 Å². The molecule has 0 saturated carbocycles. The summed E-state index contributed by atoms with van der Waals surface area (Å²) in [6.07, 6.45) is 7.45. The molecule has 1 aromatic carbocycles. The van der Waals surface area contributed by atoms with E-state index in [-0.39, 0.29) is 17.9 Å². The number of pyridine rings is 2. The number of carbonyl (C=O) groups is 1. The molecule has 0 aliphatic carbocycles. The molecular formula is C23H22N6O. The molecule has 3 N–H and O–H groups in total. The van der Waals surface area contributed by atoms with Crippen molar-refractivity contribution >= 4 is 22.8 Å². The minimum Gasteiger partial charge on any atom is -0.368 e. The molecule has 3 heterocycles. The number of nitrogens with one attached hydrogen (secondary N) is 1. The average Bonchev–Trinajstić information content (AvgIpc) is 2.78. The minimum absolute atomic E-state index is 0.114. The van der Waals surface area contributed by atoms with E-state index in [2.05, 4.69) is 20.3 Å². The van der Waals surface area contributed by atoms with Gasteiger partial charge in [-0.1, -0.05) is 25.1 Å². The third kappa shape index (κ3) is 3.82. The van der Waals surface area contributed by atoms with E-state index in [0.717, 1.165) is 28.5 Å². The van der Waals surface area contributed by atoms with Gasteiger partial charge in [0.1, 0.15) is 0 Å². The van der Waals surface area contributed by atoms with Crippen molar-refractivity contribution in [2.45, 2.75) is 26.3 Å². The molecule has 0 radical (unpaired) electrons. The van der Waals surface area contributed by atoms with Crippen molar-refractivity contribution in [3.05, 3.63) is 77.9 Å². The summed E-state index contributed by atoms with van der Waals surface area (Å²) < 4.78 is 0. The van der Waals surface area contributed by atoms with Crippen LogP contribution in [0.25, 0.3) is 22.2 Å². The van der Waals surface area contributed by atoms with Crippen LogP contribution >= 0.6 is 0 Å². The van der Waals surface area contributed by atoms with Gasteiger partial charge in [-0.25, -0.2) is 15.0 Å². The first-order chi connectivity index (χ1) is 14.6. The second-order valence-electron chi connectivity index (χ2n) is 7.07. The highest BCUT2D eigenvalue weighted by Gasteiger charge is 2.19. The standard InChI is InChI=1S/C23H22N6O/c1-3-19(15-7-9-25-10-8-15)29-22(30)18-11-20(16-12-26-23(24)27-13-16)28-21-14(2)5-4-6-17(18)21/h4-13,19H,3H2,1-2H3,(H,29,30)(H2,24,26,27). The second kappa shape index (κ2) is 8.24. The van der Waals surface area contributed by atoms with E-state index in [9.17, 15) is 4.79 Å². The summed E-state index contributed by atoms with van der Waals surface area (Å²) in [6, 6.07) is 11.3. The third-order valence-corrected chi connectivity index (χ3v) is 5.08. The molecule has 0 spiro atoms. The van der Waals surface area contributed by atoms with Gasteiger partial charge in [0.2, 0.25) is 5.95 Å². The van der Waals surface area contributed by atoms with Gasteiger partial charge in [0.05, 0.1) is 22.8 Å². The summed E-state index contributed by atoms with van der Waals surface area (Å²) in [6.45, 7) is 4.02. The highest BCUT2D eigenvalue weighted by atomic mass is 16.1. The fourth-order valence-corrected chi connectivity index (χ4v) is 3.45. The summed E-state index contributed by atoms with van der Waals surface area (Å²) in [4.78, 5) is 30.3. The van der Waals surface area contributed by atoms with Crippen molar-refractivity contribution in [1.29, 1.82) is 0 Å². The largest absolute Gasteiger partial charge is 0.368 e. The predicted octanol–water partition coefficient (Wildman–Crippen LogP) is 3.86. The topological polar surface area (TPSA) is 107 Å². The number of aromatic nitrogens is 4. The maximum atomic E-state index is 13.3. The van der Waals surface area contributed by atoms with Crippen LogP contribution in [0, 0.1) is 6.92 Å². The minimum atomic E-state index is -0.158. The number of nitrogens with two attached hydrogens (primary N) is 1. The number of nitrogen functional groups attached to an aromatic ring is 1. The lowest BCUT2D eigenvalue weighted by atomic mass is 10.0. The van der Waals surface area contributed by atoms with Crippen LogP contribution in [0.1, 0.15) is 40.9 Å². The number of nitrogens with zero attached hydrogens (tertiary/aromatic N) is 4. The van der Waals surface area contributed by atoms with Crippen molar-refractivity contribution in [3.8, 4) is 11.3 Å². The number of aryl methyl sites for hydroxylation is 1. The van der Waals surface area contributed by atoms with E-state index in [1.165, 1.54) is 0 Å². The summed E-state index contributed by atoms with van der Waals surface area (Å²) in [5.41, 5.74) is 10.3. The van der Waals surface area contributed by atoms with Crippen LogP contribution in [-0.2, 0) is 0 Å². The predicted molar refractivity (Wildman–Crippen MR) is 117 cm³/mol. The average molecular weight is 398 g/mol. The zero-order valence-electron chi connectivity index (χ0n) is 16.8. The number of benzene rings is 1. The van der Waals surface area contributed by atoms with Crippen LogP contribution in [0.2, 0.25) is 0 Å². The number of amides is 1. The van der Waals surface area contributed by atoms with Crippen molar-refractivity contribution in [2.75, 3.05) is 5.73 Å². The summed E-state index contributed by atoms with van der Waals surface area (Å²) in [5, 5.41) is 3.96. The van der Waals surface area contributed by atoms with Crippen LogP contribution in [0.15, 0.2) is 61.2 Å². The van der Waals surface area contributed by atoms with E-state index in [0.29, 0.717) is 16.8 Å². The zero-order chi connectivity index (χ0) is 21.1. The molecule has 1 unspecified atom stereocenters. The Morgan fingerprint density at radius 1 is 1.13 bits per heavy atom. The van der Waals surface area contributed by atoms with Crippen LogP contribution in [0.3, 0.4) is 0 Å². The smallest absolute Gasteiger partial charge is 0.252 e. The Labute approximate surface area is 174 Å². The number of hydrogen-bond donors (Lipinski definition) is 2. The number of carbonyl (C=O) groups excluding carboxylic acids is 1. The van der Waals surface area contributed by atoms with Gasteiger partial charge >= 0.3 is 0 Å². The molecule has 3 aromatic heterocycles. The Hall–Kier alpha value is -3.87. The van der Waals surface area contributed by atoms with Gasteiger partial charge in [-0.3, -0.25) is 9.78 Å². The lowest BCUT2D eigenvalue weighted by Crippen LogP contribution is -2.28.